The van der Waals surface area contributed by atoms with Gasteiger partial charge in [0.15, 0.2) is 0 Å². The van der Waals surface area contributed by atoms with Crippen LogP contribution < -0.4 is 0 Å². The molecule has 33 heavy (non-hydrogen) atoms. The van der Waals surface area contributed by atoms with Crippen LogP contribution in [0, 0.1) is 5.92 Å². The van der Waals surface area contributed by atoms with E-state index in [9.17, 15) is 4.79 Å². The second-order valence-corrected chi connectivity index (χ2v) is 12.2. The Labute approximate surface area is 214 Å². The van der Waals surface area contributed by atoms with E-state index in [1.54, 1.807) is 0 Å². The summed E-state index contributed by atoms with van der Waals surface area (Å²) < 4.78 is 16.8. The second kappa shape index (κ2) is 25.2. The molecule has 0 aliphatic carbocycles. The minimum absolute atomic E-state index is 0.187. The van der Waals surface area contributed by atoms with Crippen LogP contribution >= 0.6 is 0 Å². The summed E-state index contributed by atoms with van der Waals surface area (Å²) in [5.41, 5.74) is 0. The Morgan fingerprint density at radius 3 is 1.15 bits per heavy atom. The van der Waals surface area contributed by atoms with E-state index < -0.39 is 25.0 Å². The van der Waals surface area contributed by atoms with Gasteiger partial charge in [0, 0.05) is 6.42 Å². The van der Waals surface area contributed by atoms with Crippen LogP contribution in [0.4, 0.5) is 0 Å². The Kier molecular flexibility index (Phi) is 26.9. The van der Waals surface area contributed by atoms with Gasteiger partial charge in [-0.25, -0.2) is 0 Å². The van der Waals surface area contributed by atoms with E-state index in [-0.39, 0.29) is 18.3 Å². The van der Waals surface area contributed by atoms with Gasteiger partial charge >= 0.3 is 94.8 Å². The van der Waals surface area contributed by atoms with Crippen molar-refractivity contribution < 1.29 is 38.9 Å². The van der Waals surface area contributed by atoms with Gasteiger partial charge in [0.1, 0.15) is 0 Å². The zero-order chi connectivity index (χ0) is 25.5. The molecule has 0 aliphatic rings. The van der Waals surface area contributed by atoms with E-state index in [0.29, 0.717) is 6.42 Å². The summed E-state index contributed by atoms with van der Waals surface area (Å²) in [4.78, 5) is 10.3. The Morgan fingerprint density at radius 2 is 0.879 bits per heavy atom. The van der Waals surface area contributed by atoms with Crippen molar-refractivity contribution in [1.82, 2.24) is 0 Å². The van der Waals surface area contributed by atoms with Gasteiger partial charge in [0.25, 0.3) is 0 Å². The van der Waals surface area contributed by atoms with Gasteiger partial charge in [-0.1, -0.05) is 90.9 Å². The van der Waals surface area contributed by atoms with Gasteiger partial charge in [0.05, 0.1) is 0 Å². The molecule has 199 valence electrons. The van der Waals surface area contributed by atoms with E-state index in [1.165, 1.54) is 70.6 Å². The number of carboxylic acid groups (broad SMARTS) is 1. The summed E-state index contributed by atoms with van der Waals surface area (Å²) in [6.45, 7) is 16.6. The Hall–Kier alpha value is 0.0643. The molecule has 0 spiro atoms. The zero-order valence-electron chi connectivity index (χ0n) is 23.3. The van der Waals surface area contributed by atoms with Gasteiger partial charge in [-0.2, -0.15) is 0 Å². The van der Waals surface area contributed by atoms with Crippen molar-refractivity contribution in [1.29, 1.82) is 0 Å². The summed E-state index contributed by atoms with van der Waals surface area (Å²) >= 11 is -2.18. The van der Waals surface area contributed by atoms with E-state index >= 15 is 0 Å². The minimum atomic E-state index is -2.18. The Balaban J connectivity index is 0. The third-order valence-electron chi connectivity index (χ3n) is 4.92. The predicted molar refractivity (Wildman–Crippen MR) is 136 cm³/mol. The molecular formula is C27H57O5Ti. The third-order valence-corrected chi connectivity index (χ3v) is 8.03. The molecule has 0 aromatic rings. The van der Waals surface area contributed by atoms with Crippen LogP contribution in [0.3, 0.4) is 0 Å². The van der Waals surface area contributed by atoms with Crippen LogP contribution in [0.1, 0.15) is 145 Å². The molecule has 5 nitrogen and oxygen atoms in total. The molecule has 6 heteroatoms. The number of aliphatic carboxylic acids is 1. The Morgan fingerprint density at radius 1 is 0.576 bits per heavy atom. The van der Waals surface area contributed by atoms with Crippen molar-refractivity contribution >= 4 is 5.97 Å². The number of carbonyl (C=O) groups is 1. The molecule has 0 atom stereocenters. The topological polar surface area (TPSA) is 65.0 Å². The number of carboxylic acids is 1. The van der Waals surface area contributed by atoms with Crippen LogP contribution in [0.5, 0.6) is 0 Å². The molecule has 0 aromatic carbocycles. The van der Waals surface area contributed by atoms with E-state index in [0.717, 1.165) is 18.8 Å². The summed E-state index contributed by atoms with van der Waals surface area (Å²) in [5.74, 6) is 0.212. The van der Waals surface area contributed by atoms with Crippen LogP contribution in [0.15, 0.2) is 0 Å². The number of unbranched alkanes of at least 4 members (excludes halogenated alkanes) is 11. The fourth-order valence-corrected chi connectivity index (χ4v) is 5.32. The van der Waals surface area contributed by atoms with Crippen molar-refractivity contribution in [3.05, 3.63) is 0 Å². The third kappa shape index (κ3) is 34.3. The molecule has 0 bridgehead atoms. The first-order chi connectivity index (χ1) is 15.5. The van der Waals surface area contributed by atoms with Crippen LogP contribution in [0.2, 0.25) is 0 Å². The van der Waals surface area contributed by atoms with Crippen molar-refractivity contribution in [2.45, 2.75) is 164 Å². The zero-order valence-corrected chi connectivity index (χ0v) is 24.9. The summed E-state index contributed by atoms with van der Waals surface area (Å²) in [7, 11) is 0. The van der Waals surface area contributed by atoms with E-state index in [4.69, 9.17) is 15.1 Å². The molecule has 0 amide bonds. The van der Waals surface area contributed by atoms with Gasteiger partial charge in [-0.05, 0) is 12.3 Å². The molecule has 0 saturated heterocycles. The molecule has 0 fully saturated rings. The average Bonchev–Trinajstić information content (AvgIpc) is 2.66. The molecule has 0 heterocycles. The first kappa shape index (κ1) is 35.2. The van der Waals surface area contributed by atoms with E-state index in [1.807, 2.05) is 41.5 Å². The second-order valence-electron chi connectivity index (χ2n) is 10.3. The molecule has 0 unspecified atom stereocenters. The standard InChI is InChI=1S/C18H36O2.3C3H7O.Ti/c1-17(2)15-13-11-9-7-5-3-4-6-8-10-12-14-16-18(19)20;3*1-3(2)4;/h17H,3-16H2,1-2H3,(H,19,20);3*3H,1-2H3;/q;3*-1;+3. The summed E-state index contributed by atoms with van der Waals surface area (Å²) in [5, 5.41) is 8.52. The van der Waals surface area contributed by atoms with Crippen molar-refractivity contribution in [2.75, 3.05) is 0 Å². The maximum absolute atomic E-state index is 10.3. The van der Waals surface area contributed by atoms with Crippen molar-refractivity contribution in [3.8, 4) is 0 Å². The summed E-state index contributed by atoms with van der Waals surface area (Å²) in [6, 6.07) is 0. The fourth-order valence-electron chi connectivity index (χ4n) is 3.26. The SMILES string of the molecule is CC(C)CCCCCCCCCCCCCCC(=O)O.CC(C)[O][Ti]([O]C(C)C)[O]C(C)C. The van der Waals surface area contributed by atoms with Gasteiger partial charge < -0.3 is 5.11 Å². The number of hydrogen-bond donors (Lipinski definition) is 1. The van der Waals surface area contributed by atoms with Gasteiger partial charge in [-0.3, -0.25) is 4.79 Å². The van der Waals surface area contributed by atoms with Crippen molar-refractivity contribution in [3.63, 3.8) is 0 Å². The molecule has 0 rings (SSSR count). The van der Waals surface area contributed by atoms with Gasteiger partial charge in [-0.15, -0.1) is 0 Å². The van der Waals surface area contributed by atoms with Crippen LogP contribution in [-0.2, 0) is 33.8 Å². The molecule has 0 radical (unpaired) electrons. The molecule has 0 aromatic heterocycles. The van der Waals surface area contributed by atoms with Crippen LogP contribution in [-0.4, -0.2) is 29.4 Å². The average molecular weight is 510 g/mol. The fraction of sp³-hybridized carbons (Fsp3) is 0.963. The first-order valence-corrected chi connectivity index (χ1v) is 15.5. The van der Waals surface area contributed by atoms with Gasteiger partial charge in [0.2, 0.25) is 0 Å². The first-order valence-electron chi connectivity index (χ1n) is 13.6. The molecule has 0 aliphatic heterocycles. The Bertz CT molecular complexity index is 390. The monoisotopic (exact) mass is 509 g/mol. The quantitative estimate of drug-likeness (QED) is 0.124. The van der Waals surface area contributed by atoms with E-state index in [2.05, 4.69) is 13.8 Å². The van der Waals surface area contributed by atoms with Crippen molar-refractivity contribution in [2.24, 2.45) is 5.92 Å². The molecular weight excluding hydrogens is 452 g/mol. The number of hydrogen-bond acceptors (Lipinski definition) is 4. The number of rotatable bonds is 21. The molecule has 1 N–H and O–H groups in total. The maximum atomic E-state index is 10.3. The van der Waals surface area contributed by atoms with Crippen LogP contribution in [0.25, 0.3) is 0 Å². The normalized spacial score (nSPS) is 11.4. The predicted octanol–water partition coefficient (Wildman–Crippen LogP) is 8.81. The molecule has 0 saturated carbocycles. The summed E-state index contributed by atoms with van der Waals surface area (Å²) in [6.07, 6.45) is 17.9.